The van der Waals surface area contributed by atoms with Gasteiger partial charge in [0.05, 0.1) is 6.10 Å². The molecule has 1 aliphatic heterocycles. The summed E-state index contributed by atoms with van der Waals surface area (Å²) in [6.45, 7) is 2.99. The second-order valence-corrected chi connectivity index (χ2v) is 4.91. The fraction of sp³-hybridized carbons (Fsp3) is 0.571. The topological polar surface area (TPSA) is 38.5 Å². The SMILES string of the molecule is CN(CCC1CCCO1)Cc1cccc(N)c1. The fourth-order valence-electron chi connectivity index (χ4n) is 2.32. The van der Waals surface area contributed by atoms with Gasteiger partial charge in [-0.3, -0.25) is 0 Å². The standard InChI is InChI=1S/C14H22N2O/c1-16(8-7-14-6-3-9-17-14)11-12-4-2-5-13(15)10-12/h2,4-5,10,14H,3,6-9,11,15H2,1H3. The number of hydrogen-bond acceptors (Lipinski definition) is 3. The Morgan fingerprint density at radius 1 is 1.47 bits per heavy atom. The van der Waals surface area contributed by atoms with Crippen LogP contribution in [0, 0.1) is 0 Å². The Kier molecular flexibility index (Phi) is 4.40. The molecule has 1 unspecified atom stereocenters. The van der Waals surface area contributed by atoms with Gasteiger partial charge in [0.2, 0.25) is 0 Å². The summed E-state index contributed by atoms with van der Waals surface area (Å²) in [5.41, 5.74) is 7.89. The Labute approximate surface area is 104 Å². The molecule has 0 spiro atoms. The van der Waals surface area contributed by atoms with Crippen molar-refractivity contribution in [2.75, 3.05) is 25.9 Å². The van der Waals surface area contributed by atoms with Crippen molar-refractivity contribution >= 4 is 5.69 Å². The van der Waals surface area contributed by atoms with Gasteiger partial charge in [-0.1, -0.05) is 12.1 Å². The van der Waals surface area contributed by atoms with Gasteiger partial charge in [-0.25, -0.2) is 0 Å². The van der Waals surface area contributed by atoms with Crippen LogP contribution in [0.25, 0.3) is 0 Å². The molecule has 0 aliphatic carbocycles. The van der Waals surface area contributed by atoms with Gasteiger partial charge in [-0.2, -0.15) is 0 Å². The van der Waals surface area contributed by atoms with Gasteiger partial charge in [-0.15, -0.1) is 0 Å². The van der Waals surface area contributed by atoms with Crippen LogP contribution >= 0.6 is 0 Å². The molecule has 1 aliphatic rings. The van der Waals surface area contributed by atoms with Crippen LogP contribution in [0.5, 0.6) is 0 Å². The molecule has 0 saturated carbocycles. The summed E-state index contributed by atoms with van der Waals surface area (Å²) in [5, 5.41) is 0. The van der Waals surface area contributed by atoms with E-state index < -0.39 is 0 Å². The molecule has 1 heterocycles. The zero-order valence-corrected chi connectivity index (χ0v) is 10.6. The van der Waals surface area contributed by atoms with Crippen molar-refractivity contribution in [1.82, 2.24) is 4.90 Å². The summed E-state index contributed by atoms with van der Waals surface area (Å²) in [7, 11) is 2.15. The Bertz CT molecular complexity index is 348. The van der Waals surface area contributed by atoms with Crippen LogP contribution in [0.3, 0.4) is 0 Å². The van der Waals surface area contributed by atoms with Crippen molar-refractivity contribution in [3.05, 3.63) is 29.8 Å². The van der Waals surface area contributed by atoms with E-state index in [0.717, 1.165) is 31.8 Å². The molecule has 3 nitrogen and oxygen atoms in total. The van der Waals surface area contributed by atoms with Crippen LogP contribution < -0.4 is 5.73 Å². The molecule has 17 heavy (non-hydrogen) atoms. The van der Waals surface area contributed by atoms with Gasteiger partial charge in [0.1, 0.15) is 0 Å². The van der Waals surface area contributed by atoms with E-state index >= 15 is 0 Å². The van der Waals surface area contributed by atoms with Gasteiger partial charge < -0.3 is 15.4 Å². The second-order valence-electron chi connectivity index (χ2n) is 4.91. The van der Waals surface area contributed by atoms with Crippen molar-refractivity contribution in [3.63, 3.8) is 0 Å². The van der Waals surface area contributed by atoms with Crippen LogP contribution in [-0.2, 0) is 11.3 Å². The minimum atomic E-state index is 0.485. The van der Waals surface area contributed by atoms with Crippen LogP contribution in [0.1, 0.15) is 24.8 Å². The van der Waals surface area contributed by atoms with Gasteiger partial charge in [0.25, 0.3) is 0 Å². The summed E-state index contributed by atoms with van der Waals surface area (Å²) in [5.74, 6) is 0. The minimum Gasteiger partial charge on any atom is -0.399 e. The molecule has 0 amide bonds. The lowest BCUT2D eigenvalue weighted by molar-refractivity contribution is 0.0944. The smallest absolute Gasteiger partial charge is 0.0588 e. The first-order valence-corrected chi connectivity index (χ1v) is 6.38. The molecule has 3 heteroatoms. The van der Waals surface area contributed by atoms with E-state index in [9.17, 15) is 0 Å². The lowest BCUT2D eigenvalue weighted by Crippen LogP contribution is -2.22. The maximum absolute atomic E-state index is 5.77. The fourth-order valence-corrected chi connectivity index (χ4v) is 2.32. The Hall–Kier alpha value is -1.06. The number of nitrogens with two attached hydrogens (primary N) is 1. The average molecular weight is 234 g/mol. The van der Waals surface area contributed by atoms with Gasteiger partial charge >= 0.3 is 0 Å². The number of hydrogen-bond donors (Lipinski definition) is 1. The van der Waals surface area contributed by atoms with Crippen LogP contribution in [-0.4, -0.2) is 31.2 Å². The molecule has 1 fully saturated rings. The number of nitrogen functional groups attached to an aromatic ring is 1. The molecule has 1 atom stereocenters. The third-order valence-corrected chi connectivity index (χ3v) is 3.26. The number of ether oxygens (including phenoxy) is 1. The lowest BCUT2D eigenvalue weighted by Gasteiger charge is -2.19. The summed E-state index contributed by atoms with van der Waals surface area (Å²) < 4.78 is 5.63. The first-order valence-electron chi connectivity index (χ1n) is 6.38. The molecular formula is C14H22N2O. The maximum Gasteiger partial charge on any atom is 0.0588 e. The van der Waals surface area contributed by atoms with E-state index in [1.807, 2.05) is 18.2 Å². The Morgan fingerprint density at radius 3 is 3.06 bits per heavy atom. The van der Waals surface area contributed by atoms with Crippen molar-refractivity contribution < 1.29 is 4.74 Å². The van der Waals surface area contributed by atoms with Crippen LogP contribution in [0.15, 0.2) is 24.3 Å². The highest BCUT2D eigenvalue weighted by atomic mass is 16.5. The first-order chi connectivity index (χ1) is 8.24. The van der Waals surface area contributed by atoms with Crippen LogP contribution in [0.4, 0.5) is 5.69 Å². The van der Waals surface area contributed by atoms with E-state index in [4.69, 9.17) is 10.5 Å². The Morgan fingerprint density at radius 2 is 2.35 bits per heavy atom. The van der Waals surface area contributed by atoms with E-state index in [0.29, 0.717) is 6.10 Å². The third kappa shape index (κ3) is 4.02. The van der Waals surface area contributed by atoms with E-state index in [1.165, 1.54) is 18.4 Å². The third-order valence-electron chi connectivity index (χ3n) is 3.26. The quantitative estimate of drug-likeness (QED) is 0.794. The summed E-state index contributed by atoms with van der Waals surface area (Å²) >= 11 is 0. The van der Waals surface area contributed by atoms with E-state index in [2.05, 4.69) is 18.0 Å². The number of anilines is 1. The minimum absolute atomic E-state index is 0.485. The molecule has 1 aromatic carbocycles. The number of nitrogens with zero attached hydrogens (tertiary/aromatic N) is 1. The van der Waals surface area contributed by atoms with Gasteiger partial charge in [0.15, 0.2) is 0 Å². The largest absolute Gasteiger partial charge is 0.399 e. The van der Waals surface area contributed by atoms with Crippen molar-refractivity contribution in [3.8, 4) is 0 Å². The van der Waals surface area contributed by atoms with Crippen molar-refractivity contribution in [1.29, 1.82) is 0 Å². The highest BCUT2D eigenvalue weighted by Crippen LogP contribution is 2.16. The molecule has 94 valence electrons. The average Bonchev–Trinajstić information content (AvgIpc) is 2.79. The zero-order chi connectivity index (χ0) is 12.1. The van der Waals surface area contributed by atoms with E-state index in [-0.39, 0.29) is 0 Å². The molecule has 2 rings (SSSR count). The normalized spacial score (nSPS) is 20.0. The van der Waals surface area contributed by atoms with E-state index in [1.54, 1.807) is 0 Å². The number of rotatable bonds is 5. The molecule has 1 saturated heterocycles. The van der Waals surface area contributed by atoms with Crippen LogP contribution in [0.2, 0.25) is 0 Å². The molecular weight excluding hydrogens is 212 g/mol. The molecule has 0 aromatic heterocycles. The Balaban J connectivity index is 1.74. The summed E-state index contributed by atoms with van der Waals surface area (Å²) in [6.07, 6.45) is 4.08. The second kappa shape index (κ2) is 6.03. The molecule has 2 N–H and O–H groups in total. The molecule has 0 bridgehead atoms. The predicted molar refractivity (Wildman–Crippen MR) is 70.8 cm³/mol. The van der Waals surface area contributed by atoms with Crippen molar-refractivity contribution in [2.24, 2.45) is 0 Å². The van der Waals surface area contributed by atoms with Crippen molar-refractivity contribution in [2.45, 2.75) is 31.9 Å². The highest BCUT2D eigenvalue weighted by molar-refractivity contribution is 5.40. The van der Waals surface area contributed by atoms with Gasteiger partial charge in [-0.05, 0) is 44.0 Å². The monoisotopic (exact) mass is 234 g/mol. The summed E-state index contributed by atoms with van der Waals surface area (Å²) in [4.78, 5) is 2.33. The summed E-state index contributed by atoms with van der Waals surface area (Å²) in [6, 6.07) is 8.11. The highest BCUT2D eigenvalue weighted by Gasteiger charge is 2.15. The molecule has 0 radical (unpaired) electrons. The predicted octanol–water partition coefficient (Wildman–Crippen LogP) is 2.27. The maximum atomic E-state index is 5.77. The molecule has 1 aromatic rings. The first kappa shape index (κ1) is 12.4. The van der Waals surface area contributed by atoms with Gasteiger partial charge in [0, 0.05) is 25.4 Å². The zero-order valence-electron chi connectivity index (χ0n) is 10.6. The lowest BCUT2D eigenvalue weighted by atomic mass is 10.1. The number of benzene rings is 1.